The van der Waals surface area contributed by atoms with Gasteiger partial charge in [0.15, 0.2) is 5.69 Å². The molecule has 2 N–H and O–H groups in total. The normalized spacial score (nSPS) is 14.1. The molecule has 0 bridgehead atoms. The zero-order chi connectivity index (χ0) is 18.2. The first-order chi connectivity index (χ1) is 12.8. The summed E-state index contributed by atoms with van der Waals surface area (Å²) < 4.78 is 4.96. The van der Waals surface area contributed by atoms with Gasteiger partial charge in [-0.15, -0.1) is 10.2 Å². The topological polar surface area (TPSA) is 79.4 Å². The summed E-state index contributed by atoms with van der Waals surface area (Å²) >= 11 is 0. The third kappa shape index (κ3) is 4.92. The highest BCUT2D eigenvalue weighted by Gasteiger charge is 2.12. The van der Waals surface area contributed by atoms with Gasteiger partial charge in [0.1, 0.15) is 5.82 Å². The molecule has 7 nitrogen and oxygen atoms in total. The van der Waals surface area contributed by atoms with Crippen molar-refractivity contribution < 1.29 is 9.53 Å². The maximum Gasteiger partial charge on any atom is 0.276 e. The Bertz CT molecular complexity index is 697. The molecule has 26 heavy (non-hydrogen) atoms. The molecule has 1 fully saturated rings. The molecule has 0 spiro atoms. The number of amides is 1. The monoisotopic (exact) mass is 355 g/mol. The maximum absolute atomic E-state index is 12.3. The minimum absolute atomic E-state index is 0.272. The quantitative estimate of drug-likeness (QED) is 0.744. The van der Waals surface area contributed by atoms with Gasteiger partial charge in [0.25, 0.3) is 5.91 Å². The molecule has 7 heteroatoms. The molecular weight excluding hydrogens is 330 g/mol. The van der Waals surface area contributed by atoms with Crippen molar-refractivity contribution in [2.45, 2.75) is 19.3 Å². The fourth-order valence-corrected chi connectivity index (χ4v) is 2.93. The second kappa shape index (κ2) is 9.15. The highest BCUT2D eigenvalue weighted by Crippen LogP contribution is 2.22. The Morgan fingerprint density at radius 1 is 1.08 bits per heavy atom. The molecule has 0 saturated carbocycles. The van der Waals surface area contributed by atoms with Crippen LogP contribution in [-0.4, -0.2) is 49.5 Å². The molecule has 1 aliphatic heterocycles. The number of benzene rings is 1. The Morgan fingerprint density at radius 3 is 2.50 bits per heavy atom. The second-order valence-electron chi connectivity index (χ2n) is 6.27. The minimum Gasteiger partial charge on any atom is -0.383 e. The second-order valence-corrected chi connectivity index (χ2v) is 6.27. The van der Waals surface area contributed by atoms with Gasteiger partial charge < -0.3 is 20.3 Å². The molecular formula is C19H25N5O2. The summed E-state index contributed by atoms with van der Waals surface area (Å²) in [5, 5.41) is 13.9. The van der Waals surface area contributed by atoms with Crippen molar-refractivity contribution in [3.05, 3.63) is 42.1 Å². The van der Waals surface area contributed by atoms with Crippen LogP contribution in [0.3, 0.4) is 0 Å². The van der Waals surface area contributed by atoms with Crippen LogP contribution in [0.1, 0.15) is 29.8 Å². The first-order valence-electron chi connectivity index (χ1n) is 8.99. The Kier molecular flexibility index (Phi) is 6.38. The van der Waals surface area contributed by atoms with Crippen LogP contribution in [0.4, 0.5) is 17.2 Å². The van der Waals surface area contributed by atoms with E-state index in [1.165, 1.54) is 24.9 Å². The van der Waals surface area contributed by atoms with Gasteiger partial charge in [-0.3, -0.25) is 4.79 Å². The van der Waals surface area contributed by atoms with E-state index < -0.39 is 0 Å². The highest BCUT2D eigenvalue weighted by atomic mass is 16.5. The number of hydrogen-bond donors (Lipinski definition) is 2. The summed E-state index contributed by atoms with van der Waals surface area (Å²) in [6, 6.07) is 11.3. The smallest absolute Gasteiger partial charge is 0.276 e. The fraction of sp³-hybridized carbons (Fsp3) is 0.421. The number of aromatic nitrogens is 2. The van der Waals surface area contributed by atoms with Gasteiger partial charge in [-0.2, -0.15) is 0 Å². The molecule has 3 rings (SSSR count). The third-order valence-electron chi connectivity index (χ3n) is 4.36. The van der Waals surface area contributed by atoms with Crippen molar-refractivity contribution in [3.63, 3.8) is 0 Å². The third-order valence-corrected chi connectivity index (χ3v) is 4.36. The van der Waals surface area contributed by atoms with Gasteiger partial charge in [-0.05, 0) is 55.7 Å². The molecule has 1 aromatic heterocycles. The van der Waals surface area contributed by atoms with Crippen molar-refractivity contribution in [3.8, 4) is 0 Å². The van der Waals surface area contributed by atoms with Crippen molar-refractivity contribution in [1.82, 2.24) is 10.2 Å². The summed E-state index contributed by atoms with van der Waals surface area (Å²) in [4.78, 5) is 14.7. The summed E-state index contributed by atoms with van der Waals surface area (Å²) in [6.45, 7) is 3.43. The minimum atomic E-state index is -0.272. The van der Waals surface area contributed by atoms with E-state index in [2.05, 4.69) is 37.9 Å². The summed E-state index contributed by atoms with van der Waals surface area (Å²) in [6.07, 6.45) is 3.80. The first-order valence-corrected chi connectivity index (χ1v) is 8.99. The lowest BCUT2D eigenvalue weighted by molar-refractivity contribution is 0.102. The molecule has 1 amide bonds. The van der Waals surface area contributed by atoms with Crippen LogP contribution < -0.4 is 15.5 Å². The van der Waals surface area contributed by atoms with E-state index in [0.717, 1.165) is 18.8 Å². The number of piperidine rings is 1. The van der Waals surface area contributed by atoms with Crippen molar-refractivity contribution in [2.24, 2.45) is 0 Å². The predicted octanol–water partition coefficient (Wildman–Crippen LogP) is 2.78. The number of anilines is 3. The molecule has 0 atom stereocenters. The molecule has 2 aromatic rings. The first kappa shape index (κ1) is 18.1. The Labute approximate surface area is 153 Å². The number of ether oxygens (including phenoxy) is 1. The molecule has 1 aromatic carbocycles. The van der Waals surface area contributed by atoms with Crippen molar-refractivity contribution in [2.75, 3.05) is 48.9 Å². The number of nitrogens with zero attached hydrogens (tertiary/aromatic N) is 3. The van der Waals surface area contributed by atoms with Crippen LogP contribution >= 0.6 is 0 Å². The summed E-state index contributed by atoms with van der Waals surface area (Å²) in [5.41, 5.74) is 2.23. The summed E-state index contributed by atoms with van der Waals surface area (Å²) in [7, 11) is 1.64. The van der Waals surface area contributed by atoms with Crippen molar-refractivity contribution >= 4 is 23.1 Å². The van der Waals surface area contributed by atoms with E-state index in [-0.39, 0.29) is 11.6 Å². The number of carbonyl (C=O) groups is 1. The maximum atomic E-state index is 12.3. The molecule has 2 heterocycles. The zero-order valence-corrected chi connectivity index (χ0v) is 15.1. The van der Waals surface area contributed by atoms with Crippen LogP contribution in [0.2, 0.25) is 0 Å². The lowest BCUT2D eigenvalue weighted by Gasteiger charge is -2.28. The molecule has 0 radical (unpaired) electrons. The lowest BCUT2D eigenvalue weighted by Crippen LogP contribution is -2.29. The van der Waals surface area contributed by atoms with E-state index in [4.69, 9.17) is 4.74 Å². The Balaban J connectivity index is 1.55. The average Bonchev–Trinajstić information content (AvgIpc) is 2.70. The van der Waals surface area contributed by atoms with Crippen LogP contribution in [-0.2, 0) is 4.74 Å². The number of nitrogens with one attached hydrogen (secondary N) is 2. The van der Waals surface area contributed by atoms with Gasteiger partial charge in [0.2, 0.25) is 0 Å². The van der Waals surface area contributed by atoms with Gasteiger partial charge in [-0.1, -0.05) is 0 Å². The zero-order valence-electron chi connectivity index (χ0n) is 15.1. The van der Waals surface area contributed by atoms with Crippen LogP contribution in [0, 0.1) is 0 Å². The average molecular weight is 355 g/mol. The molecule has 0 unspecified atom stereocenters. The number of hydrogen-bond acceptors (Lipinski definition) is 6. The summed E-state index contributed by atoms with van der Waals surface area (Å²) in [5.74, 6) is 0.344. The van der Waals surface area contributed by atoms with Crippen LogP contribution in [0.5, 0.6) is 0 Å². The predicted molar refractivity (Wildman–Crippen MR) is 103 cm³/mol. The lowest BCUT2D eigenvalue weighted by atomic mass is 10.1. The van der Waals surface area contributed by atoms with E-state index in [1.54, 1.807) is 19.2 Å². The SMILES string of the molecule is COCCNc1ccc(C(=O)Nc2ccc(N3CCCCC3)cc2)nn1. The standard InChI is InChI=1S/C19H25N5O2/c1-26-14-11-20-18-10-9-17(22-23-18)19(25)21-15-5-7-16(8-6-15)24-12-3-2-4-13-24/h5-10H,2-4,11-14H2,1H3,(H,20,23)(H,21,25). The van der Waals surface area contributed by atoms with Gasteiger partial charge in [0, 0.05) is 38.1 Å². The molecule has 1 saturated heterocycles. The Hall–Kier alpha value is -2.67. The molecule has 138 valence electrons. The van der Waals surface area contributed by atoms with Gasteiger partial charge in [-0.25, -0.2) is 0 Å². The molecule has 1 aliphatic rings. The largest absolute Gasteiger partial charge is 0.383 e. The van der Waals surface area contributed by atoms with Gasteiger partial charge >= 0.3 is 0 Å². The number of methoxy groups -OCH3 is 1. The number of rotatable bonds is 7. The van der Waals surface area contributed by atoms with E-state index in [0.29, 0.717) is 19.0 Å². The van der Waals surface area contributed by atoms with Gasteiger partial charge in [0.05, 0.1) is 6.61 Å². The van der Waals surface area contributed by atoms with Crippen LogP contribution in [0.25, 0.3) is 0 Å². The van der Waals surface area contributed by atoms with E-state index in [9.17, 15) is 4.79 Å². The fourth-order valence-electron chi connectivity index (χ4n) is 2.93. The number of carbonyl (C=O) groups excluding carboxylic acids is 1. The van der Waals surface area contributed by atoms with E-state index >= 15 is 0 Å². The van der Waals surface area contributed by atoms with E-state index in [1.807, 2.05) is 12.1 Å². The Morgan fingerprint density at radius 2 is 1.85 bits per heavy atom. The van der Waals surface area contributed by atoms with Crippen molar-refractivity contribution in [1.29, 1.82) is 0 Å². The highest BCUT2D eigenvalue weighted by molar-refractivity contribution is 6.02. The van der Waals surface area contributed by atoms with Crippen LogP contribution in [0.15, 0.2) is 36.4 Å². The molecule has 0 aliphatic carbocycles.